The van der Waals surface area contributed by atoms with Gasteiger partial charge >= 0.3 is 0 Å². The number of hydrogen-bond donors (Lipinski definition) is 1. The molecule has 33 heavy (non-hydrogen) atoms. The van der Waals surface area contributed by atoms with Crippen molar-refractivity contribution in [1.29, 1.82) is 5.26 Å². The van der Waals surface area contributed by atoms with Crippen molar-refractivity contribution in [2.45, 2.75) is 56.0 Å². The van der Waals surface area contributed by atoms with Gasteiger partial charge < -0.3 is 4.57 Å². The van der Waals surface area contributed by atoms with Crippen LogP contribution in [0, 0.1) is 11.3 Å². The van der Waals surface area contributed by atoms with Gasteiger partial charge in [0.2, 0.25) is 10.0 Å². The molecule has 174 valence electrons. The Labute approximate surface area is 192 Å². The van der Waals surface area contributed by atoms with Crippen molar-refractivity contribution in [1.82, 2.24) is 14.3 Å². The molecular weight excluding hydrogens is 446 g/mol. The van der Waals surface area contributed by atoms with Gasteiger partial charge in [-0.1, -0.05) is 31.9 Å². The molecule has 9 heteroatoms. The van der Waals surface area contributed by atoms with Crippen LogP contribution in [0.4, 0.5) is 8.78 Å². The SMILES string of the molecule is CCc1ccc2c(C#N)c(-c3ccc(S(=O)(=O)NC(CF)CF)cn3)n(C3CCCC3)c2c1. The molecule has 4 rings (SSSR count). The molecule has 1 aliphatic rings. The summed E-state index contributed by atoms with van der Waals surface area (Å²) in [7, 11) is -4.12. The molecule has 2 aromatic heterocycles. The summed E-state index contributed by atoms with van der Waals surface area (Å²) >= 11 is 0. The Morgan fingerprint density at radius 3 is 2.52 bits per heavy atom. The average Bonchev–Trinajstić information content (AvgIpc) is 3.47. The average molecular weight is 473 g/mol. The van der Waals surface area contributed by atoms with Gasteiger partial charge in [0.05, 0.1) is 28.5 Å². The molecule has 0 saturated heterocycles. The van der Waals surface area contributed by atoms with Crippen LogP contribution in [0.3, 0.4) is 0 Å². The number of aryl methyl sites for hydroxylation is 1. The van der Waals surface area contributed by atoms with Gasteiger partial charge in [0.15, 0.2) is 0 Å². The van der Waals surface area contributed by atoms with Gasteiger partial charge in [-0.2, -0.15) is 5.26 Å². The quantitative estimate of drug-likeness (QED) is 0.508. The molecule has 1 aliphatic carbocycles. The maximum Gasteiger partial charge on any atom is 0.242 e. The van der Waals surface area contributed by atoms with Crippen LogP contribution in [0.1, 0.15) is 49.8 Å². The van der Waals surface area contributed by atoms with E-state index in [0.717, 1.165) is 43.0 Å². The molecule has 0 bridgehead atoms. The predicted molar refractivity (Wildman–Crippen MR) is 123 cm³/mol. The van der Waals surface area contributed by atoms with Crippen molar-refractivity contribution in [2.24, 2.45) is 0 Å². The zero-order chi connectivity index (χ0) is 23.6. The van der Waals surface area contributed by atoms with Crippen molar-refractivity contribution in [3.05, 3.63) is 47.7 Å². The number of aromatic nitrogens is 2. The van der Waals surface area contributed by atoms with E-state index in [1.807, 2.05) is 16.9 Å². The van der Waals surface area contributed by atoms with Gasteiger partial charge in [0.25, 0.3) is 0 Å². The number of nitriles is 1. The summed E-state index contributed by atoms with van der Waals surface area (Å²) in [5.74, 6) is 0. The Morgan fingerprint density at radius 2 is 1.94 bits per heavy atom. The van der Waals surface area contributed by atoms with Gasteiger partial charge in [-0.15, -0.1) is 0 Å². The zero-order valence-electron chi connectivity index (χ0n) is 18.4. The van der Waals surface area contributed by atoms with E-state index in [-0.39, 0.29) is 10.9 Å². The van der Waals surface area contributed by atoms with Crippen LogP contribution in [0.2, 0.25) is 0 Å². The zero-order valence-corrected chi connectivity index (χ0v) is 19.2. The van der Waals surface area contributed by atoms with Crippen molar-refractivity contribution in [2.75, 3.05) is 13.3 Å². The predicted octanol–water partition coefficient (Wildman–Crippen LogP) is 4.84. The maximum absolute atomic E-state index is 12.8. The molecule has 1 N–H and O–H groups in total. The summed E-state index contributed by atoms with van der Waals surface area (Å²) in [6, 6.07) is 10.1. The van der Waals surface area contributed by atoms with Crippen LogP contribution in [0.15, 0.2) is 41.4 Å². The monoisotopic (exact) mass is 472 g/mol. The molecule has 0 unspecified atom stereocenters. The lowest BCUT2D eigenvalue weighted by Crippen LogP contribution is -2.37. The first-order valence-corrected chi connectivity index (χ1v) is 12.6. The lowest BCUT2D eigenvalue weighted by atomic mass is 10.1. The second kappa shape index (κ2) is 9.57. The highest BCUT2D eigenvalue weighted by molar-refractivity contribution is 7.89. The Balaban J connectivity index is 1.84. The highest BCUT2D eigenvalue weighted by Crippen LogP contribution is 2.41. The summed E-state index contributed by atoms with van der Waals surface area (Å²) in [6.07, 6.45) is 6.27. The van der Waals surface area contributed by atoms with Gasteiger partial charge in [-0.3, -0.25) is 4.98 Å². The lowest BCUT2D eigenvalue weighted by molar-refractivity contribution is 0.334. The van der Waals surface area contributed by atoms with Gasteiger partial charge in [-0.25, -0.2) is 21.9 Å². The summed E-state index contributed by atoms with van der Waals surface area (Å²) in [6.45, 7) is -0.205. The molecule has 6 nitrogen and oxygen atoms in total. The van der Waals surface area contributed by atoms with Crippen LogP contribution < -0.4 is 4.72 Å². The minimum Gasteiger partial charge on any atom is -0.335 e. The van der Waals surface area contributed by atoms with E-state index >= 15 is 0 Å². The molecule has 0 aliphatic heterocycles. The fraction of sp³-hybridized carbons (Fsp3) is 0.417. The van der Waals surface area contributed by atoms with E-state index < -0.39 is 29.4 Å². The number of sulfonamides is 1. The lowest BCUT2D eigenvalue weighted by Gasteiger charge is -2.18. The van der Waals surface area contributed by atoms with Crippen LogP contribution in [0.5, 0.6) is 0 Å². The van der Waals surface area contributed by atoms with Crippen molar-refractivity contribution in [3.63, 3.8) is 0 Å². The normalized spacial score (nSPS) is 14.9. The Morgan fingerprint density at radius 1 is 1.21 bits per heavy atom. The Hall–Kier alpha value is -2.83. The number of alkyl halides is 2. The second-order valence-electron chi connectivity index (χ2n) is 8.35. The van der Waals surface area contributed by atoms with Gasteiger partial charge in [0, 0.05) is 17.6 Å². The summed E-state index contributed by atoms with van der Waals surface area (Å²) in [5.41, 5.74) is 3.83. The first-order valence-electron chi connectivity index (χ1n) is 11.1. The number of nitrogens with zero attached hydrogens (tertiary/aromatic N) is 3. The smallest absolute Gasteiger partial charge is 0.242 e. The standard InChI is InChI=1S/C24H26F2N4O2S/c1-2-16-7-9-20-21(14-27)24(30(23(20)11-16)18-5-3-4-6-18)22-10-8-19(15-28-22)33(31,32)29-17(12-25)13-26/h7-11,15,17-18,29H,2-6,12-13H2,1H3. The molecule has 0 amide bonds. The van der Waals surface area contributed by atoms with Crippen molar-refractivity contribution >= 4 is 20.9 Å². The molecular formula is C24H26F2N4O2S. The van der Waals surface area contributed by atoms with E-state index in [1.165, 1.54) is 17.8 Å². The second-order valence-corrected chi connectivity index (χ2v) is 10.1. The van der Waals surface area contributed by atoms with Gasteiger partial charge in [-0.05, 0) is 43.0 Å². The molecule has 1 saturated carbocycles. The number of pyridine rings is 1. The fourth-order valence-electron chi connectivity index (χ4n) is 4.55. The largest absolute Gasteiger partial charge is 0.335 e. The highest BCUT2D eigenvalue weighted by Gasteiger charge is 2.27. The van der Waals surface area contributed by atoms with Crippen LogP contribution >= 0.6 is 0 Å². The molecule has 0 atom stereocenters. The molecule has 0 spiro atoms. The number of halogens is 2. The summed E-state index contributed by atoms with van der Waals surface area (Å²) in [5, 5.41) is 10.9. The number of fused-ring (bicyclic) bond motifs is 1. The molecule has 0 radical (unpaired) electrons. The third kappa shape index (κ3) is 4.37. The maximum atomic E-state index is 12.8. The molecule has 3 aromatic rings. The van der Waals surface area contributed by atoms with Crippen molar-refractivity contribution in [3.8, 4) is 17.5 Å². The molecule has 2 heterocycles. The fourth-order valence-corrected chi connectivity index (χ4v) is 5.69. The van der Waals surface area contributed by atoms with Crippen LogP contribution in [-0.4, -0.2) is 37.4 Å². The van der Waals surface area contributed by atoms with E-state index in [9.17, 15) is 22.5 Å². The minimum absolute atomic E-state index is 0.187. The molecule has 1 fully saturated rings. The number of hydrogen-bond acceptors (Lipinski definition) is 4. The third-order valence-electron chi connectivity index (χ3n) is 6.26. The Kier molecular flexibility index (Phi) is 6.77. The molecule has 1 aromatic carbocycles. The van der Waals surface area contributed by atoms with E-state index in [4.69, 9.17) is 0 Å². The topological polar surface area (TPSA) is 87.8 Å². The number of benzene rings is 1. The summed E-state index contributed by atoms with van der Waals surface area (Å²) in [4.78, 5) is 4.19. The van der Waals surface area contributed by atoms with Crippen molar-refractivity contribution < 1.29 is 17.2 Å². The first kappa shape index (κ1) is 23.3. The Bertz CT molecular complexity index is 1290. The third-order valence-corrected chi connectivity index (χ3v) is 7.77. The minimum atomic E-state index is -4.12. The summed E-state index contributed by atoms with van der Waals surface area (Å²) < 4.78 is 54.8. The highest BCUT2D eigenvalue weighted by atomic mass is 32.2. The van der Waals surface area contributed by atoms with E-state index in [2.05, 4.69) is 28.6 Å². The van der Waals surface area contributed by atoms with Crippen LogP contribution in [0.25, 0.3) is 22.3 Å². The van der Waals surface area contributed by atoms with Crippen LogP contribution in [-0.2, 0) is 16.4 Å². The first-order chi connectivity index (χ1) is 15.9. The number of nitrogens with one attached hydrogen (secondary N) is 1. The number of rotatable bonds is 8. The van der Waals surface area contributed by atoms with E-state index in [0.29, 0.717) is 17.0 Å². The van der Waals surface area contributed by atoms with Gasteiger partial charge in [0.1, 0.15) is 24.3 Å². The van der Waals surface area contributed by atoms with E-state index in [1.54, 1.807) is 6.07 Å².